The molecule has 0 fully saturated rings. The molecule has 0 atom stereocenters. The molecule has 0 aliphatic heterocycles. The van der Waals surface area contributed by atoms with Gasteiger partial charge in [-0.2, -0.15) is 26.3 Å². The average Bonchev–Trinajstić information content (AvgIpc) is 2.40. The number of nitrogen functional groups attached to an aromatic ring is 3. The van der Waals surface area contributed by atoms with Crippen LogP contribution in [0.2, 0.25) is 0 Å². The number of rotatable bonds is 2. The van der Waals surface area contributed by atoms with Gasteiger partial charge >= 0.3 is 12.4 Å². The number of hydrogen-bond acceptors (Lipinski definition) is 3. The smallest absolute Gasteiger partial charge is 0.399 e. The summed E-state index contributed by atoms with van der Waals surface area (Å²) in [5.41, 5.74) is 8.44. The summed E-state index contributed by atoms with van der Waals surface area (Å²) in [4.78, 5) is 0. The average molecular weight is 349 g/mol. The number of nitrogens with two attached hydrogens (primary N) is 3. The first-order valence-electron chi connectivity index (χ1n) is 6.56. The first-order chi connectivity index (χ1) is 10.9. The van der Waals surface area contributed by atoms with Crippen LogP contribution >= 0.6 is 0 Å². The Morgan fingerprint density at radius 3 is 1.71 bits per heavy atom. The Balaban J connectivity index is 3.01. The zero-order valence-corrected chi connectivity index (χ0v) is 12.0. The van der Waals surface area contributed by atoms with Crippen molar-refractivity contribution in [3.05, 3.63) is 53.6 Å². The second-order valence-corrected chi connectivity index (χ2v) is 5.22. The quantitative estimate of drug-likeness (QED) is 0.569. The summed E-state index contributed by atoms with van der Waals surface area (Å²) >= 11 is 0. The van der Waals surface area contributed by atoms with E-state index in [9.17, 15) is 26.3 Å². The van der Waals surface area contributed by atoms with Crippen molar-refractivity contribution in [1.82, 2.24) is 0 Å². The highest BCUT2D eigenvalue weighted by Crippen LogP contribution is 2.57. The normalized spacial score (nSPS) is 13.1. The lowest BCUT2D eigenvalue weighted by atomic mass is 9.72. The standard InChI is InChI=1S/C15H13F6N3/c16-14(17,18)13(15(19,20)21,8-2-1-3-9(22)6-8)11-7-10(23)4-5-12(11)24/h1-7H,22-24H2. The monoisotopic (exact) mass is 349 g/mol. The third kappa shape index (κ3) is 2.59. The fraction of sp³-hybridized carbons (Fsp3) is 0.200. The summed E-state index contributed by atoms with van der Waals surface area (Å²) in [6, 6.07) is 6.14. The number of anilines is 3. The Labute approximate surface area is 133 Å². The summed E-state index contributed by atoms with van der Waals surface area (Å²) in [6.45, 7) is 0. The van der Waals surface area contributed by atoms with Crippen LogP contribution in [0.3, 0.4) is 0 Å². The molecule has 2 rings (SSSR count). The SMILES string of the molecule is Nc1cccc(C(c2cc(N)ccc2N)(C(F)(F)F)C(F)(F)F)c1. The number of benzene rings is 2. The number of hydrogen-bond donors (Lipinski definition) is 3. The van der Waals surface area contributed by atoms with Gasteiger partial charge in [0.25, 0.3) is 0 Å². The molecule has 0 heterocycles. The molecule has 0 saturated heterocycles. The van der Waals surface area contributed by atoms with Gasteiger partial charge in [-0.1, -0.05) is 12.1 Å². The van der Waals surface area contributed by atoms with Crippen molar-refractivity contribution in [2.45, 2.75) is 17.8 Å². The molecule has 0 aliphatic rings. The van der Waals surface area contributed by atoms with E-state index in [2.05, 4.69) is 0 Å². The Kier molecular flexibility index (Phi) is 4.07. The van der Waals surface area contributed by atoms with Gasteiger partial charge in [0.1, 0.15) is 0 Å². The predicted molar refractivity (Wildman–Crippen MR) is 79.0 cm³/mol. The molecule has 3 nitrogen and oxygen atoms in total. The summed E-state index contributed by atoms with van der Waals surface area (Å²) in [6.07, 6.45) is -11.5. The molecule has 6 N–H and O–H groups in total. The molecule has 2 aromatic rings. The van der Waals surface area contributed by atoms with Crippen LogP contribution in [0, 0.1) is 0 Å². The Morgan fingerprint density at radius 2 is 1.21 bits per heavy atom. The van der Waals surface area contributed by atoms with E-state index in [1.165, 1.54) is 6.07 Å². The van der Waals surface area contributed by atoms with Gasteiger partial charge < -0.3 is 17.2 Å². The molecule has 0 radical (unpaired) electrons. The lowest BCUT2D eigenvalue weighted by molar-refractivity contribution is -0.288. The van der Waals surface area contributed by atoms with Crippen LogP contribution in [-0.2, 0) is 5.41 Å². The van der Waals surface area contributed by atoms with Crippen LogP contribution in [0.25, 0.3) is 0 Å². The maximum Gasteiger partial charge on any atom is 0.411 e. The fourth-order valence-corrected chi connectivity index (χ4v) is 2.62. The lowest BCUT2D eigenvalue weighted by Crippen LogP contribution is -2.55. The van der Waals surface area contributed by atoms with Gasteiger partial charge in [-0.25, -0.2) is 0 Å². The molecule has 0 unspecified atom stereocenters. The van der Waals surface area contributed by atoms with Crippen LogP contribution in [0.4, 0.5) is 43.4 Å². The van der Waals surface area contributed by atoms with Gasteiger partial charge in [0.05, 0.1) is 0 Å². The molecular weight excluding hydrogens is 336 g/mol. The van der Waals surface area contributed by atoms with Crippen molar-refractivity contribution < 1.29 is 26.3 Å². The lowest BCUT2D eigenvalue weighted by Gasteiger charge is -2.39. The van der Waals surface area contributed by atoms with Gasteiger partial charge in [0.2, 0.25) is 5.41 Å². The van der Waals surface area contributed by atoms with Crippen molar-refractivity contribution in [3.63, 3.8) is 0 Å². The zero-order valence-electron chi connectivity index (χ0n) is 12.0. The second-order valence-electron chi connectivity index (χ2n) is 5.22. The van der Waals surface area contributed by atoms with E-state index in [1.807, 2.05) is 0 Å². The van der Waals surface area contributed by atoms with E-state index < -0.39 is 34.6 Å². The highest BCUT2D eigenvalue weighted by Gasteiger charge is 2.73. The van der Waals surface area contributed by atoms with Crippen LogP contribution in [-0.4, -0.2) is 12.4 Å². The van der Waals surface area contributed by atoms with Crippen LogP contribution in [0.1, 0.15) is 11.1 Å². The molecule has 0 amide bonds. The molecule has 130 valence electrons. The van der Waals surface area contributed by atoms with Gasteiger partial charge in [0, 0.05) is 22.6 Å². The topological polar surface area (TPSA) is 78.1 Å². The molecule has 0 aliphatic carbocycles. The summed E-state index contributed by atoms with van der Waals surface area (Å²) in [7, 11) is 0. The third-order valence-electron chi connectivity index (χ3n) is 3.65. The minimum absolute atomic E-state index is 0.243. The summed E-state index contributed by atoms with van der Waals surface area (Å²) in [5.74, 6) is 0. The minimum atomic E-state index is -5.74. The van der Waals surface area contributed by atoms with Crippen molar-refractivity contribution in [3.8, 4) is 0 Å². The Morgan fingerprint density at radius 1 is 0.667 bits per heavy atom. The molecule has 9 heteroatoms. The Hall–Kier alpha value is -2.58. The minimum Gasteiger partial charge on any atom is -0.399 e. The van der Waals surface area contributed by atoms with Crippen molar-refractivity contribution in [2.24, 2.45) is 0 Å². The van der Waals surface area contributed by atoms with E-state index in [-0.39, 0.29) is 11.4 Å². The van der Waals surface area contributed by atoms with Gasteiger partial charge in [0.15, 0.2) is 0 Å². The fourth-order valence-electron chi connectivity index (χ4n) is 2.62. The molecule has 0 bridgehead atoms. The maximum atomic E-state index is 13.8. The first-order valence-corrected chi connectivity index (χ1v) is 6.56. The van der Waals surface area contributed by atoms with E-state index in [4.69, 9.17) is 17.2 Å². The molecule has 0 aromatic heterocycles. The van der Waals surface area contributed by atoms with E-state index >= 15 is 0 Å². The molecule has 24 heavy (non-hydrogen) atoms. The molecule has 0 spiro atoms. The van der Waals surface area contributed by atoms with Crippen LogP contribution in [0.5, 0.6) is 0 Å². The van der Waals surface area contributed by atoms with Gasteiger partial charge in [-0.15, -0.1) is 0 Å². The van der Waals surface area contributed by atoms with Crippen molar-refractivity contribution in [1.29, 1.82) is 0 Å². The highest BCUT2D eigenvalue weighted by molar-refractivity contribution is 5.63. The number of halogens is 6. The largest absolute Gasteiger partial charge is 0.411 e. The first kappa shape index (κ1) is 17.8. The van der Waals surface area contributed by atoms with E-state index in [1.54, 1.807) is 0 Å². The highest BCUT2D eigenvalue weighted by atomic mass is 19.4. The van der Waals surface area contributed by atoms with Crippen LogP contribution in [0.15, 0.2) is 42.5 Å². The Bertz CT molecular complexity index is 738. The third-order valence-corrected chi connectivity index (χ3v) is 3.65. The van der Waals surface area contributed by atoms with Crippen molar-refractivity contribution in [2.75, 3.05) is 17.2 Å². The van der Waals surface area contributed by atoms with Crippen LogP contribution < -0.4 is 17.2 Å². The maximum absolute atomic E-state index is 13.8. The molecule has 0 saturated carbocycles. The summed E-state index contributed by atoms with van der Waals surface area (Å²) in [5, 5.41) is 0. The number of alkyl halides is 6. The molecule has 2 aromatic carbocycles. The molecular formula is C15H13F6N3. The zero-order chi connectivity index (χ0) is 18.3. The predicted octanol–water partition coefficient (Wildman–Crippen LogP) is 3.84. The van der Waals surface area contributed by atoms with Gasteiger partial charge in [-0.05, 0) is 35.9 Å². The van der Waals surface area contributed by atoms with E-state index in [0.29, 0.717) is 18.2 Å². The summed E-state index contributed by atoms with van der Waals surface area (Å²) < 4.78 is 83.0. The van der Waals surface area contributed by atoms with Crippen molar-refractivity contribution >= 4 is 17.1 Å². The van der Waals surface area contributed by atoms with Gasteiger partial charge in [-0.3, -0.25) is 0 Å². The van der Waals surface area contributed by atoms with E-state index in [0.717, 1.165) is 18.2 Å². The second kappa shape index (κ2) is 5.50.